The Morgan fingerprint density at radius 3 is 2.64 bits per heavy atom. The van der Waals surface area contributed by atoms with Gasteiger partial charge in [0.15, 0.2) is 0 Å². The summed E-state index contributed by atoms with van der Waals surface area (Å²) in [5, 5.41) is 9.08. The van der Waals surface area contributed by atoms with Gasteiger partial charge in [-0.3, -0.25) is 4.79 Å². The van der Waals surface area contributed by atoms with Gasteiger partial charge in [-0.2, -0.15) is 0 Å². The molecule has 1 rings (SSSR count). The van der Waals surface area contributed by atoms with Gasteiger partial charge in [-0.25, -0.2) is 0 Å². The number of hydrogen-bond donors (Lipinski definition) is 2. The Bertz CT molecular complexity index is 267. The number of amides is 1. The smallest absolute Gasteiger partial charge is 0.258 e. The molecular formula is C7H9NO2S. The van der Waals surface area contributed by atoms with Gasteiger partial charge < -0.3 is 10.8 Å². The molecule has 1 heterocycles. The standard InChI is InChI=1S/C7H9NO2S/c1-4(9)5-2-3-6(11-5)7(8)10/h2-4,9H,1H3,(H2,8,10). The minimum absolute atomic E-state index is 0.443. The van der Waals surface area contributed by atoms with E-state index in [1.54, 1.807) is 19.1 Å². The van der Waals surface area contributed by atoms with E-state index in [0.717, 1.165) is 4.88 Å². The van der Waals surface area contributed by atoms with Gasteiger partial charge in [0.2, 0.25) is 0 Å². The van der Waals surface area contributed by atoms with Crippen LogP contribution in [0.4, 0.5) is 0 Å². The third kappa shape index (κ3) is 1.78. The first-order valence-electron chi connectivity index (χ1n) is 3.19. The summed E-state index contributed by atoms with van der Waals surface area (Å²) >= 11 is 1.22. The molecule has 0 aromatic carbocycles. The SMILES string of the molecule is CC(O)c1ccc(C(N)=O)s1. The molecule has 0 fully saturated rings. The Morgan fingerprint density at radius 2 is 2.36 bits per heavy atom. The van der Waals surface area contributed by atoms with E-state index in [1.807, 2.05) is 0 Å². The highest BCUT2D eigenvalue weighted by molar-refractivity contribution is 7.14. The number of thiophene rings is 1. The largest absolute Gasteiger partial charge is 0.388 e. The quantitative estimate of drug-likeness (QED) is 0.694. The Hall–Kier alpha value is -0.870. The summed E-state index contributed by atoms with van der Waals surface area (Å²) in [7, 11) is 0. The molecule has 60 valence electrons. The van der Waals surface area contributed by atoms with E-state index >= 15 is 0 Å². The summed E-state index contributed by atoms with van der Waals surface area (Å²) in [6.45, 7) is 1.65. The molecule has 0 aliphatic rings. The van der Waals surface area contributed by atoms with Crippen molar-refractivity contribution in [2.24, 2.45) is 5.73 Å². The summed E-state index contributed by atoms with van der Waals surface area (Å²) in [6.07, 6.45) is -0.520. The second-order valence-electron chi connectivity index (χ2n) is 2.24. The van der Waals surface area contributed by atoms with Crippen molar-refractivity contribution < 1.29 is 9.90 Å². The summed E-state index contributed by atoms with van der Waals surface area (Å²) in [5.41, 5.74) is 5.02. The number of carbonyl (C=O) groups is 1. The number of carbonyl (C=O) groups excluding carboxylic acids is 1. The Kier molecular flexibility index (Phi) is 2.26. The Labute approximate surface area is 68.5 Å². The van der Waals surface area contributed by atoms with Gasteiger partial charge in [0.05, 0.1) is 11.0 Å². The monoisotopic (exact) mass is 171 g/mol. The summed E-state index contributed by atoms with van der Waals surface area (Å²) in [6, 6.07) is 3.32. The molecule has 1 aromatic rings. The normalized spacial score (nSPS) is 12.9. The van der Waals surface area contributed by atoms with Gasteiger partial charge in [-0.15, -0.1) is 11.3 Å². The fourth-order valence-corrected chi connectivity index (χ4v) is 1.51. The second-order valence-corrected chi connectivity index (χ2v) is 3.36. The van der Waals surface area contributed by atoms with E-state index in [2.05, 4.69) is 0 Å². The first-order chi connectivity index (χ1) is 5.11. The predicted octanol–water partition coefficient (Wildman–Crippen LogP) is 0.900. The van der Waals surface area contributed by atoms with Gasteiger partial charge in [0, 0.05) is 4.88 Å². The molecule has 0 spiro atoms. The van der Waals surface area contributed by atoms with Crippen LogP contribution in [0.3, 0.4) is 0 Å². The molecule has 0 radical (unpaired) electrons. The van der Waals surface area contributed by atoms with Gasteiger partial charge in [0.25, 0.3) is 5.91 Å². The van der Waals surface area contributed by atoms with Crippen LogP contribution in [0, 0.1) is 0 Å². The van der Waals surface area contributed by atoms with Crippen molar-refractivity contribution in [3.05, 3.63) is 21.9 Å². The number of aliphatic hydroxyl groups excluding tert-OH is 1. The van der Waals surface area contributed by atoms with Gasteiger partial charge >= 0.3 is 0 Å². The Morgan fingerprint density at radius 1 is 1.73 bits per heavy atom. The maximum Gasteiger partial charge on any atom is 0.258 e. The van der Waals surface area contributed by atoms with Crippen molar-refractivity contribution in [2.45, 2.75) is 13.0 Å². The predicted molar refractivity (Wildman–Crippen MR) is 43.5 cm³/mol. The van der Waals surface area contributed by atoms with Crippen LogP contribution in [0.15, 0.2) is 12.1 Å². The third-order valence-corrected chi connectivity index (χ3v) is 2.55. The van der Waals surface area contributed by atoms with Crippen LogP contribution in [0.5, 0.6) is 0 Å². The van der Waals surface area contributed by atoms with Crippen LogP contribution in [0.2, 0.25) is 0 Å². The highest BCUT2D eigenvalue weighted by Crippen LogP contribution is 2.22. The van der Waals surface area contributed by atoms with Gasteiger partial charge in [-0.05, 0) is 19.1 Å². The van der Waals surface area contributed by atoms with E-state index in [0.29, 0.717) is 4.88 Å². The summed E-state index contributed by atoms with van der Waals surface area (Å²) < 4.78 is 0. The molecule has 1 unspecified atom stereocenters. The molecule has 0 saturated heterocycles. The maximum atomic E-state index is 10.6. The lowest BCUT2D eigenvalue weighted by Crippen LogP contribution is -2.08. The first kappa shape index (κ1) is 8.23. The molecule has 1 aromatic heterocycles. The molecule has 0 saturated carbocycles. The minimum atomic E-state index is -0.520. The average Bonchev–Trinajstić information content (AvgIpc) is 2.33. The average molecular weight is 171 g/mol. The van der Waals surface area contributed by atoms with E-state index in [-0.39, 0.29) is 0 Å². The third-order valence-electron chi connectivity index (χ3n) is 1.28. The zero-order valence-corrected chi connectivity index (χ0v) is 6.89. The minimum Gasteiger partial charge on any atom is -0.388 e. The van der Waals surface area contributed by atoms with Crippen LogP contribution in [-0.4, -0.2) is 11.0 Å². The van der Waals surface area contributed by atoms with Gasteiger partial charge in [-0.1, -0.05) is 0 Å². The second kappa shape index (κ2) is 3.02. The lowest BCUT2D eigenvalue weighted by molar-refractivity contribution is 0.100. The summed E-state index contributed by atoms with van der Waals surface area (Å²) in [4.78, 5) is 11.8. The molecule has 0 aliphatic heterocycles. The van der Waals surface area contributed by atoms with E-state index in [1.165, 1.54) is 11.3 Å². The highest BCUT2D eigenvalue weighted by atomic mass is 32.1. The van der Waals surface area contributed by atoms with Crippen LogP contribution in [-0.2, 0) is 0 Å². The first-order valence-corrected chi connectivity index (χ1v) is 4.00. The molecule has 11 heavy (non-hydrogen) atoms. The molecule has 1 amide bonds. The zero-order chi connectivity index (χ0) is 8.43. The topological polar surface area (TPSA) is 63.3 Å². The van der Waals surface area contributed by atoms with E-state index < -0.39 is 12.0 Å². The maximum absolute atomic E-state index is 10.6. The lowest BCUT2D eigenvalue weighted by atomic mass is 10.3. The Balaban J connectivity index is 2.90. The summed E-state index contributed by atoms with van der Waals surface area (Å²) in [5.74, 6) is -0.443. The van der Waals surface area contributed by atoms with Crippen molar-refractivity contribution in [3.63, 3.8) is 0 Å². The van der Waals surface area contributed by atoms with Crippen LogP contribution in [0.1, 0.15) is 27.6 Å². The highest BCUT2D eigenvalue weighted by Gasteiger charge is 2.07. The van der Waals surface area contributed by atoms with E-state index in [4.69, 9.17) is 10.8 Å². The molecule has 1 atom stereocenters. The molecular weight excluding hydrogens is 162 g/mol. The lowest BCUT2D eigenvalue weighted by Gasteiger charge is -1.96. The van der Waals surface area contributed by atoms with Crippen molar-refractivity contribution >= 4 is 17.2 Å². The fourth-order valence-electron chi connectivity index (χ4n) is 0.710. The van der Waals surface area contributed by atoms with Crippen LogP contribution >= 0.6 is 11.3 Å². The number of aliphatic hydroxyl groups is 1. The van der Waals surface area contributed by atoms with Crippen molar-refractivity contribution in [1.82, 2.24) is 0 Å². The van der Waals surface area contributed by atoms with Crippen molar-refractivity contribution in [1.29, 1.82) is 0 Å². The molecule has 3 nitrogen and oxygen atoms in total. The number of nitrogens with two attached hydrogens (primary N) is 1. The zero-order valence-electron chi connectivity index (χ0n) is 6.07. The molecule has 0 bridgehead atoms. The van der Waals surface area contributed by atoms with E-state index in [9.17, 15) is 4.79 Å². The van der Waals surface area contributed by atoms with Crippen LogP contribution in [0.25, 0.3) is 0 Å². The fraction of sp³-hybridized carbons (Fsp3) is 0.286. The number of rotatable bonds is 2. The van der Waals surface area contributed by atoms with Crippen molar-refractivity contribution in [2.75, 3.05) is 0 Å². The molecule has 0 aliphatic carbocycles. The van der Waals surface area contributed by atoms with Gasteiger partial charge in [0.1, 0.15) is 0 Å². The number of hydrogen-bond acceptors (Lipinski definition) is 3. The number of primary amides is 1. The molecule has 4 heteroatoms. The van der Waals surface area contributed by atoms with Crippen molar-refractivity contribution in [3.8, 4) is 0 Å². The van der Waals surface area contributed by atoms with Crippen LogP contribution < -0.4 is 5.73 Å². The molecule has 3 N–H and O–H groups in total.